The first-order chi connectivity index (χ1) is 13.6. The zero-order valence-corrected chi connectivity index (χ0v) is 15.0. The van der Waals surface area contributed by atoms with E-state index in [0.717, 1.165) is 10.8 Å². The van der Waals surface area contributed by atoms with Crippen LogP contribution in [0.15, 0.2) is 65.8 Å². The van der Waals surface area contributed by atoms with Crippen LogP contribution in [0.3, 0.4) is 0 Å². The zero-order valence-electron chi connectivity index (χ0n) is 15.0. The van der Waals surface area contributed by atoms with E-state index in [2.05, 4.69) is 10.5 Å². The van der Waals surface area contributed by atoms with Crippen LogP contribution in [0.25, 0.3) is 10.8 Å². The minimum Gasteiger partial charge on any atom is -0.490 e. The van der Waals surface area contributed by atoms with Crippen molar-refractivity contribution >= 4 is 28.6 Å². The van der Waals surface area contributed by atoms with Gasteiger partial charge in [-0.2, -0.15) is 5.10 Å². The number of ether oxygens (including phenoxy) is 2. The molecule has 3 aromatic rings. The second-order valence-corrected chi connectivity index (χ2v) is 5.78. The van der Waals surface area contributed by atoms with Crippen molar-refractivity contribution in [2.75, 3.05) is 13.7 Å². The van der Waals surface area contributed by atoms with Crippen molar-refractivity contribution in [1.82, 2.24) is 5.43 Å². The molecule has 1 N–H and O–H groups in total. The summed E-state index contributed by atoms with van der Waals surface area (Å²) in [6.45, 7) is -0.210. The van der Waals surface area contributed by atoms with E-state index in [9.17, 15) is 14.9 Å². The summed E-state index contributed by atoms with van der Waals surface area (Å²) < 4.78 is 10.4. The summed E-state index contributed by atoms with van der Waals surface area (Å²) in [6.07, 6.45) is 1.31. The number of amides is 1. The van der Waals surface area contributed by atoms with Gasteiger partial charge in [-0.05, 0) is 35.0 Å². The van der Waals surface area contributed by atoms with Crippen molar-refractivity contribution in [1.29, 1.82) is 0 Å². The maximum atomic E-state index is 11.9. The summed E-state index contributed by atoms with van der Waals surface area (Å²) in [7, 11) is 1.35. The van der Waals surface area contributed by atoms with Crippen LogP contribution < -0.4 is 14.9 Å². The molecule has 0 atom stereocenters. The van der Waals surface area contributed by atoms with Crippen LogP contribution in [0.4, 0.5) is 5.69 Å². The van der Waals surface area contributed by atoms with E-state index in [1.807, 2.05) is 36.4 Å². The van der Waals surface area contributed by atoms with Gasteiger partial charge in [-0.1, -0.05) is 30.3 Å². The van der Waals surface area contributed by atoms with Gasteiger partial charge in [0.2, 0.25) is 0 Å². The van der Waals surface area contributed by atoms with Crippen LogP contribution in [0, 0.1) is 10.1 Å². The number of nitro benzene ring substituents is 1. The quantitative estimate of drug-likeness (QED) is 0.385. The minimum atomic E-state index is -0.549. The van der Waals surface area contributed by atoms with Gasteiger partial charge >= 0.3 is 5.69 Å². The van der Waals surface area contributed by atoms with Crippen molar-refractivity contribution in [2.45, 2.75) is 0 Å². The molecule has 0 saturated heterocycles. The maximum Gasteiger partial charge on any atom is 0.311 e. The van der Waals surface area contributed by atoms with E-state index in [1.165, 1.54) is 25.5 Å². The average Bonchev–Trinajstić information content (AvgIpc) is 2.72. The van der Waals surface area contributed by atoms with E-state index in [0.29, 0.717) is 11.3 Å². The lowest BCUT2D eigenvalue weighted by molar-refractivity contribution is -0.385. The highest BCUT2D eigenvalue weighted by molar-refractivity contribution is 5.85. The van der Waals surface area contributed by atoms with E-state index in [-0.39, 0.29) is 18.0 Å². The fourth-order valence-electron chi connectivity index (χ4n) is 2.55. The molecular formula is C20H17N3O5. The van der Waals surface area contributed by atoms with Crippen molar-refractivity contribution in [3.8, 4) is 11.5 Å². The molecule has 0 aliphatic carbocycles. The topological polar surface area (TPSA) is 103 Å². The molecule has 8 heteroatoms. The third-order valence-corrected chi connectivity index (χ3v) is 3.89. The van der Waals surface area contributed by atoms with Crippen molar-refractivity contribution in [3.63, 3.8) is 0 Å². The highest BCUT2D eigenvalue weighted by atomic mass is 16.6. The average molecular weight is 379 g/mol. The molecule has 0 spiro atoms. The third-order valence-electron chi connectivity index (χ3n) is 3.89. The molecule has 0 unspecified atom stereocenters. The van der Waals surface area contributed by atoms with Crippen LogP contribution in [0.2, 0.25) is 0 Å². The molecule has 3 aromatic carbocycles. The number of hydrogen-bond donors (Lipinski definition) is 1. The molecule has 0 saturated carbocycles. The molecule has 0 aliphatic rings. The molecule has 0 radical (unpaired) electrons. The summed E-state index contributed by atoms with van der Waals surface area (Å²) in [5, 5.41) is 16.9. The Morgan fingerprint density at radius 1 is 1.14 bits per heavy atom. The monoisotopic (exact) mass is 379 g/mol. The number of nitrogens with zero attached hydrogens (tertiary/aromatic N) is 2. The highest BCUT2D eigenvalue weighted by Gasteiger charge is 2.14. The van der Waals surface area contributed by atoms with Crippen LogP contribution in [0.1, 0.15) is 5.56 Å². The zero-order chi connectivity index (χ0) is 19.9. The third kappa shape index (κ3) is 4.61. The van der Waals surface area contributed by atoms with E-state index in [1.54, 1.807) is 12.1 Å². The number of nitrogens with one attached hydrogen (secondary N) is 1. The summed E-state index contributed by atoms with van der Waals surface area (Å²) in [4.78, 5) is 22.3. The Morgan fingerprint density at radius 2 is 1.93 bits per heavy atom. The smallest absolute Gasteiger partial charge is 0.311 e. The highest BCUT2D eigenvalue weighted by Crippen LogP contribution is 2.26. The molecule has 0 heterocycles. The molecule has 28 heavy (non-hydrogen) atoms. The molecule has 3 rings (SSSR count). The van der Waals surface area contributed by atoms with Crippen molar-refractivity contribution in [3.05, 3.63) is 76.3 Å². The second kappa shape index (κ2) is 8.63. The van der Waals surface area contributed by atoms with Gasteiger partial charge < -0.3 is 9.47 Å². The van der Waals surface area contributed by atoms with Gasteiger partial charge in [0.15, 0.2) is 12.4 Å². The first-order valence-corrected chi connectivity index (χ1v) is 8.33. The summed E-state index contributed by atoms with van der Waals surface area (Å²) in [5.74, 6) is 0.269. The van der Waals surface area contributed by atoms with Crippen LogP contribution in [0.5, 0.6) is 11.5 Å². The van der Waals surface area contributed by atoms with Gasteiger partial charge in [0, 0.05) is 11.6 Å². The summed E-state index contributed by atoms with van der Waals surface area (Å²) >= 11 is 0. The standard InChI is InChI=1S/C20H17N3O5/c1-27-19-9-6-14(10-18(19)23(25)26)12-21-22-20(24)13-28-17-8-7-15-4-2-3-5-16(15)11-17/h2-12H,13H2,1H3,(H,22,24). The molecule has 0 aliphatic heterocycles. The fraction of sp³-hybridized carbons (Fsp3) is 0.100. The molecule has 0 fully saturated rings. The Labute approximate surface area is 160 Å². The first kappa shape index (κ1) is 18.8. The number of methoxy groups -OCH3 is 1. The number of fused-ring (bicyclic) bond motifs is 1. The maximum absolute atomic E-state index is 11.9. The Morgan fingerprint density at radius 3 is 2.68 bits per heavy atom. The lowest BCUT2D eigenvalue weighted by Gasteiger charge is -2.06. The van der Waals surface area contributed by atoms with Gasteiger partial charge in [0.1, 0.15) is 5.75 Å². The van der Waals surface area contributed by atoms with E-state index < -0.39 is 10.8 Å². The summed E-state index contributed by atoms with van der Waals surface area (Å²) in [5.41, 5.74) is 2.58. The number of rotatable bonds is 7. The van der Waals surface area contributed by atoms with E-state index in [4.69, 9.17) is 9.47 Å². The predicted molar refractivity (Wildman–Crippen MR) is 105 cm³/mol. The SMILES string of the molecule is COc1ccc(C=NNC(=O)COc2ccc3ccccc3c2)cc1[N+](=O)[O-]. The minimum absolute atomic E-state index is 0.148. The molecule has 0 bridgehead atoms. The number of hydrazone groups is 1. The molecule has 142 valence electrons. The fourth-order valence-corrected chi connectivity index (χ4v) is 2.55. The van der Waals surface area contributed by atoms with E-state index >= 15 is 0 Å². The Hall–Kier alpha value is -3.94. The van der Waals surface area contributed by atoms with Crippen LogP contribution in [-0.4, -0.2) is 30.8 Å². The van der Waals surface area contributed by atoms with Gasteiger partial charge in [-0.25, -0.2) is 5.43 Å². The van der Waals surface area contributed by atoms with Crippen LogP contribution in [-0.2, 0) is 4.79 Å². The largest absolute Gasteiger partial charge is 0.490 e. The van der Waals surface area contributed by atoms with Crippen molar-refractivity contribution in [2.24, 2.45) is 5.10 Å². The van der Waals surface area contributed by atoms with Crippen molar-refractivity contribution < 1.29 is 19.2 Å². The Bertz CT molecular complexity index is 1050. The molecule has 1 amide bonds. The van der Waals surface area contributed by atoms with Gasteiger partial charge in [-0.3, -0.25) is 14.9 Å². The molecule has 8 nitrogen and oxygen atoms in total. The first-order valence-electron chi connectivity index (χ1n) is 8.33. The predicted octanol–water partition coefficient (Wildman–Crippen LogP) is 3.29. The molecule has 0 aromatic heterocycles. The number of carbonyl (C=O) groups excluding carboxylic acids is 1. The van der Waals surface area contributed by atoms with Gasteiger partial charge in [-0.15, -0.1) is 0 Å². The van der Waals surface area contributed by atoms with Gasteiger partial charge in [0.05, 0.1) is 18.2 Å². The van der Waals surface area contributed by atoms with Crippen LogP contribution >= 0.6 is 0 Å². The van der Waals surface area contributed by atoms with Gasteiger partial charge in [0.25, 0.3) is 5.91 Å². The molecular weight excluding hydrogens is 362 g/mol. The number of nitro groups is 1. The summed E-state index contributed by atoms with van der Waals surface area (Å²) in [6, 6.07) is 17.7. The normalized spacial score (nSPS) is 10.8. The Balaban J connectivity index is 1.56. The Kier molecular flexibility index (Phi) is 5.81. The number of benzene rings is 3. The number of carbonyl (C=O) groups is 1. The second-order valence-electron chi connectivity index (χ2n) is 5.78. The lowest BCUT2D eigenvalue weighted by Crippen LogP contribution is -2.24. The number of hydrogen-bond acceptors (Lipinski definition) is 6. The lowest BCUT2D eigenvalue weighted by atomic mass is 10.1.